The van der Waals surface area contributed by atoms with Crippen LogP contribution in [0.2, 0.25) is 0 Å². The van der Waals surface area contributed by atoms with E-state index in [4.69, 9.17) is 0 Å². The summed E-state index contributed by atoms with van der Waals surface area (Å²) >= 11 is 0. The summed E-state index contributed by atoms with van der Waals surface area (Å²) in [5.41, 5.74) is 2.52. The molecule has 3 nitrogen and oxygen atoms in total. The van der Waals surface area contributed by atoms with Gasteiger partial charge in [0.05, 0.1) is 0 Å². The van der Waals surface area contributed by atoms with Crippen LogP contribution in [0.3, 0.4) is 0 Å². The number of piperidine rings is 1. The van der Waals surface area contributed by atoms with Crippen LogP contribution in [-0.2, 0) is 4.84 Å². The molecule has 1 unspecified atom stereocenters. The average molecular weight is 268 g/mol. The zero-order chi connectivity index (χ0) is 13.6. The monoisotopic (exact) mass is 268 g/mol. The van der Waals surface area contributed by atoms with E-state index in [2.05, 4.69) is 22.1 Å². The summed E-state index contributed by atoms with van der Waals surface area (Å²) in [6.45, 7) is 5.98. The second-order valence-electron chi connectivity index (χ2n) is 4.99. The van der Waals surface area contributed by atoms with Crippen molar-refractivity contribution in [1.29, 1.82) is 0 Å². The van der Waals surface area contributed by atoms with E-state index in [0.717, 1.165) is 38.9 Å². The van der Waals surface area contributed by atoms with Gasteiger partial charge in [-0.05, 0) is 51.7 Å². The predicted octanol–water partition coefficient (Wildman–Crippen LogP) is 2.58. The molecule has 0 aromatic heterocycles. The third kappa shape index (κ3) is 6.02. The van der Waals surface area contributed by atoms with Gasteiger partial charge in [-0.15, -0.1) is 0 Å². The fourth-order valence-corrected chi connectivity index (χ4v) is 2.34. The highest BCUT2D eigenvalue weighted by Crippen LogP contribution is 2.21. The molecule has 1 aliphatic rings. The first-order valence-electron chi connectivity index (χ1n) is 6.58. The maximum absolute atomic E-state index is 11.9. The summed E-state index contributed by atoms with van der Waals surface area (Å²) in [4.78, 5) is 6.90. The minimum Gasteiger partial charge on any atom is -0.303 e. The van der Waals surface area contributed by atoms with Gasteiger partial charge in [0.2, 0.25) is 0 Å². The lowest BCUT2D eigenvalue weighted by atomic mass is 9.91. The lowest BCUT2D eigenvalue weighted by Gasteiger charge is -2.34. The first-order chi connectivity index (χ1) is 8.42. The van der Waals surface area contributed by atoms with Crippen molar-refractivity contribution in [3.63, 3.8) is 0 Å². The zero-order valence-corrected chi connectivity index (χ0v) is 11.1. The molecule has 1 saturated heterocycles. The highest BCUT2D eigenvalue weighted by Gasteiger charge is 2.29. The molecule has 0 aromatic carbocycles. The van der Waals surface area contributed by atoms with Gasteiger partial charge in [0.25, 0.3) is 0 Å². The third-order valence-corrected chi connectivity index (χ3v) is 3.38. The zero-order valence-electron chi connectivity index (χ0n) is 11.1. The molecule has 0 saturated carbocycles. The van der Waals surface area contributed by atoms with Crippen molar-refractivity contribution >= 4 is 0 Å². The van der Waals surface area contributed by atoms with E-state index in [1.807, 2.05) is 6.92 Å². The Kier molecular flexibility index (Phi) is 6.38. The van der Waals surface area contributed by atoms with Crippen LogP contribution >= 0.6 is 0 Å². The Bertz CT molecular complexity index is 228. The van der Waals surface area contributed by atoms with Crippen LogP contribution in [0.5, 0.6) is 0 Å². The van der Waals surface area contributed by atoms with E-state index >= 15 is 0 Å². The summed E-state index contributed by atoms with van der Waals surface area (Å²) in [5, 5.41) is 0. The van der Waals surface area contributed by atoms with E-state index in [0.29, 0.717) is 5.92 Å². The molecular weight excluding hydrogens is 245 g/mol. The SMILES string of the molecule is CCCN1CCC(C(C)NOCC(F)(F)F)CC1. The molecule has 1 rings (SSSR count). The number of rotatable bonds is 6. The van der Waals surface area contributed by atoms with Crippen LogP contribution in [0, 0.1) is 5.92 Å². The van der Waals surface area contributed by atoms with Crippen LogP contribution < -0.4 is 5.48 Å². The molecule has 1 heterocycles. The van der Waals surface area contributed by atoms with Crippen LogP contribution in [-0.4, -0.2) is 43.4 Å². The lowest BCUT2D eigenvalue weighted by molar-refractivity contribution is -0.194. The van der Waals surface area contributed by atoms with Crippen molar-refractivity contribution in [2.45, 2.75) is 45.3 Å². The van der Waals surface area contributed by atoms with Crippen LogP contribution in [0.1, 0.15) is 33.1 Å². The minimum absolute atomic E-state index is 0.0314. The van der Waals surface area contributed by atoms with Gasteiger partial charge in [-0.3, -0.25) is 4.84 Å². The van der Waals surface area contributed by atoms with E-state index in [-0.39, 0.29) is 6.04 Å². The summed E-state index contributed by atoms with van der Waals surface area (Å²) in [7, 11) is 0. The number of likely N-dealkylation sites (tertiary alicyclic amines) is 1. The highest BCUT2D eigenvalue weighted by molar-refractivity contribution is 4.77. The van der Waals surface area contributed by atoms with Gasteiger partial charge in [-0.1, -0.05) is 6.92 Å². The van der Waals surface area contributed by atoms with Gasteiger partial charge in [0.1, 0.15) is 0 Å². The quantitative estimate of drug-likeness (QED) is 0.749. The van der Waals surface area contributed by atoms with Crippen molar-refractivity contribution in [2.75, 3.05) is 26.2 Å². The van der Waals surface area contributed by atoms with Crippen LogP contribution in [0.4, 0.5) is 13.2 Å². The molecule has 0 bridgehead atoms. The molecular formula is C12H23F3N2O. The molecule has 18 heavy (non-hydrogen) atoms. The van der Waals surface area contributed by atoms with Gasteiger partial charge in [0, 0.05) is 6.04 Å². The van der Waals surface area contributed by atoms with Crippen molar-refractivity contribution in [1.82, 2.24) is 10.4 Å². The van der Waals surface area contributed by atoms with Crippen molar-refractivity contribution in [3.8, 4) is 0 Å². The lowest BCUT2D eigenvalue weighted by Crippen LogP contribution is -2.42. The molecule has 1 aliphatic heterocycles. The Balaban J connectivity index is 2.17. The number of alkyl halides is 3. The van der Waals surface area contributed by atoms with Gasteiger partial charge in [-0.25, -0.2) is 0 Å². The second-order valence-corrected chi connectivity index (χ2v) is 4.99. The number of halogens is 3. The first-order valence-corrected chi connectivity index (χ1v) is 6.58. The molecule has 1 N–H and O–H groups in total. The maximum atomic E-state index is 11.9. The summed E-state index contributed by atoms with van der Waals surface area (Å²) in [5.74, 6) is 0.395. The van der Waals surface area contributed by atoms with E-state index in [1.165, 1.54) is 0 Å². The van der Waals surface area contributed by atoms with Crippen molar-refractivity contribution in [3.05, 3.63) is 0 Å². The van der Waals surface area contributed by atoms with Crippen molar-refractivity contribution < 1.29 is 18.0 Å². The Morgan fingerprint density at radius 3 is 2.44 bits per heavy atom. The predicted molar refractivity (Wildman–Crippen MR) is 64.1 cm³/mol. The number of nitrogens with one attached hydrogen (secondary N) is 1. The van der Waals surface area contributed by atoms with E-state index < -0.39 is 12.8 Å². The van der Waals surface area contributed by atoms with Crippen LogP contribution in [0.15, 0.2) is 0 Å². The van der Waals surface area contributed by atoms with Gasteiger partial charge < -0.3 is 4.90 Å². The Morgan fingerprint density at radius 1 is 1.33 bits per heavy atom. The Morgan fingerprint density at radius 2 is 1.94 bits per heavy atom. The number of nitrogens with zero attached hydrogens (tertiary/aromatic N) is 1. The average Bonchev–Trinajstić information content (AvgIpc) is 2.28. The van der Waals surface area contributed by atoms with E-state index in [9.17, 15) is 13.2 Å². The molecule has 0 radical (unpaired) electrons. The van der Waals surface area contributed by atoms with E-state index in [1.54, 1.807) is 0 Å². The standard InChI is InChI=1S/C12H23F3N2O/c1-3-6-17-7-4-11(5-8-17)10(2)16-18-9-12(13,14)15/h10-11,16H,3-9H2,1-2H3. The van der Waals surface area contributed by atoms with Gasteiger partial charge in [-0.2, -0.15) is 18.7 Å². The Hall–Kier alpha value is -0.330. The van der Waals surface area contributed by atoms with Crippen molar-refractivity contribution in [2.24, 2.45) is 5.92 Å². The maximum Gasteiger partial charge on any atom is 0.413 e. The molecule has 1 atom stereocenters. The summed E-state index contributed by atoms with van der Waals surface area (Å²) < 4.78 is 35.7. The molecule has 6 heteroatoms. The molecule has 0 aromatic rings. The molecule has 0 aliphatic carbocycles. The Labute approximate surface area is 107 Å². The topological polar surface area (TPSA) is 24.5 Å². The summed E-state index contributed by atoms with van der Waals surface area (Å²) in [6.07, 6.45) is -1.09. The minimum atomic E-state index is -4.27. The first kappa shape index (κ1) is 15.7. The second kappa shape index (κ2) is 7.31. The molecule has 0 spiro atoms. The fraction of sp³-hybridized carbons (Fsp3) is 1.00. The highest BCUT2D eigenvalue weighted by atomic mass is 19.4. The normalized spacial score (nSPS) is 21.2. The third-order valence-electron chi connectivity index (χ3n) is 3.38. The molecule has 0 amide bonds. The van der Waals surface area contributed by atoms with Crippen LogP contribution in [0.25, 0.3) is 0 Å². The smallest absolute Gasteiger partial charge is 0.303 e. The van der Waals surface area contributed by atoms with Gasteiger partial charge in [0.15, 0.2) is 6.61 Å². The molecule has 108 valence electrons. The van der Waals surface area contributed by atoms with Gasteiger partial charge >= 0.3 is 6.18 Å². The summed E-state index contributed by atoms with van der Waals surface area (Å²) in [6, 6.07) is -0.0314. The number of hydroxylamine groups is 1. The largest absolute Gasteiger partial charge is 0.413 e. The fourth-order valence-electron chi connectivity index (χ4n) is 2.34. The number of hydrogen-bond donors (Lipinski definition) is 1. The molecule has 1 fully saturated rings. The number of hydrogen-bond acceptors (Lipinski definition) is 3.